The van der Waals surface area contributed by atoms with Crippen molar-refractivity contribution >= 4 is 17.1 Å². The molecule has 0 spiro atoms. The van der Waals surface area contributed by atoms with Gasteiger partial charge in [-0.1, -0.05) is 0 Å². The molecule has 82 valence electrons. The van der Waals surface area contributed by atoms with Crippen molar-refractivity contribution in [2.45, 2.75) is 6.92 Å². The molecule has 2 rings (SSSR count). The minimum Gasteiger partial charge on any atom is -0.288 e. The molecule has 0 radical (unpaired) electrons. The van der Waals surface area contributed by atoms with Gasteiger partial charge >= 0.3 is 0 Å². The Balaban J connectivity index is 2.42. The predicted molar refractivity (Wildman–Crippen MR) is 58.8 cm³/mol. The fourth-order valence-electron chi connectivity index (χ4n) is 1.37. The fraction of sp³-hybridized carbons (Fsp3) is 0.0833. The number of ketones is 1. The van der Waals surface area contributed by atoms with Gasteiger partial charge in [0.05, 0.1) is 4.88 Å². The van der Waals surface area contributed by atoms with E-state index >= 15 is 0 Å². The van der Waals surface area contributed by atoms with Crippen LogP contribution in [0.25, 0.3) is 0 Å². The van der Waals surface area contributed by atoms with Crippen LogP contribution in [-0.4, -0.2) is 5.78 Å². The topological polar surface area (TPSA) is 17.1 Å². The Kier molecular flexibility index (Phi) is 2.83. The molecule has 0 atom stereocenters. The number of halogens is 2. The van der Waals surface area contributed by atoms with Crippen molar-refractivity contribution in [3.8, 4) is 0 Å². The quantitative estimate of drug-likeness (QED) is 0.731. The first-order chi connectivity index (χ1) is 7.59. The molecule has 0 saturated carbocycles. The average molecular weight is 238 g/mol. The monoisotopic (exact) mass is 238 g/mol. The molecule has 1 aromatic carbocycles. The third-order valence-electron chi connectivity index (χ3n) is 2.25. The summed E-state index contributed by atoms with van der Waals surface area (Å²) in [5.74, 6) is -2.22. The van der Waals surface area contributed by atoms with Gasteiger partial charge in [-0.2, -0.15) is 0 Å². The minimum atomic E-state index is -1.000. The second kappa shape index (κ2) is 4.14. The molecular weight excluding hydrogens is 230 g/mol. The molecule has 0 unspecified atom stereocenters. The van der Waals surface area contributed by atoms with E-state index in [1.807, 2.05) is 13.0 Å². The molecule has 0 aliphatic rings. The van der Waals surface area contributed by atoms with Crippen LogP contribution in [0.2, 0.25) is 0 Å². The highest BCUT2D eigenvalue weighted by Crippen LogP contribution is 2.20. The van der Waals surface area contributed by atoms with Crippen molar-refractivity contribution in [3.05, 3.63) is 57.3 Å². The van der Waals surface area contributed by atoms with Crippen LogP contribution in [0.4, 0.5) is 8.78 Å². The number of hydrogen-bond donors (Lipinski definition) is 0. The first-order valence-electron chi connectivity index (χ1n) is 4.63. The zero-order valence-electron chi connectivity index (χ0n) is 8.46. The zero-order chi connectivity index (χ0) is 11.7. The van der Waals surface area contributed by atoms with E-state index in [1.165, 1.54) is 17.4 Å². The number of hydrogen-bond acceptors (Lipinski definition) is 2. The standard InChI is InChI=1S/C12H8F2OS/c1-7-4-5-16-12(7)11(15)8-2-3-9(13)10(14)6-8/h2-6H,1H3. The van der Waals surface area contributed by atoms with E-state index < -0.39 is 11.6 Å². The summed E-state index contributed by atoms with van der Waals surface area (Å²) in [5, 5.41) is 1.79. The second-order valence-corrected chi connectivity index (χ2v) is 4.31. The van der Waals surface area contributed by atoms with Gasteiger partial charge in [0, 0.05) is 5.56 Å². The summed E-state index contributed by atoms with van der Waals surface area (Å²) in [7, 11) is 0. The van der Waals surface area contributed by atoms with Crippen LogP contribution in [0.5, 0.6) is 0 Å². The highest BCUT2D eigenvalue weighted by atomic mass is 32.1. The van der Waals surface area contributed by atoms with Gasteiger partial charge in [0.2, 0.25) is 5.78 Å². The lowest BCUT2D eigenvalue weighted by atomic mass is 10.1. The molecule has 1 nitrogen and oxygen atoms in total. The summed E-state index contributed by atoms with van der Waals surface area (Å²) in [6.45, 7) is 1.81. The van der Waals surface area contributed by atoms with E-state index in [0.29, 0.717) is 4.88 Å². The molecule has 0 bridgehead atoms. The minimum absolute atomic E-state index is 0.171. The van der Waals surface area contributed by atoms with E-state index in [-0.39, 0.29) is 11.3 Å². The summed E-state index contributed by atoms with van der Waals surface area (Å²) in [5.41, 5.74) is 1.02. The van der Waals surface area contributed by atoms with E-state index in [1.54, 1.807) is 5.38 Å². The van der Waals surface area contributed by atoms with Crippen LogP contribution in [0.3, 0.4) is 0 Å². The second-order valence-electron chi connectivity index (χ2n) is 3.39. The van der Waals surface area contributed by atoms with Crippen molar-refractivity contribution in [2.24, 2.45) is 0 Å². The number of aryl methyl sites for hydroxylation is 1. The Bertz CT molecular complexity index is 546. The summed E-state index contributed by atoms with van der Waals surface area (Å²) < 4.78 is 25.7. The molecule has 2 aromatic rings. The maximum absolute atomic E-state index is 13.0. The molecule has 1 aromatic heterocycles. The normalized spacial score (nSPS) is 10.4. The molecule has 0 aliphatic heterocycles. The van der Waals surface area contributed by atoms with Crippen LogP contribution in [-0.2, 0) is 0 Å². The molecule has 0 saturated heterocycles. The van der Waals surface area contributed by atoms with Crippen LogP contribution in [0.15, 0.2) is 29.6 Å². The Morgan fingerprint density at radius 3 is 2.50 bits per heavy atom. The van der Waals surface area contributed by atoms with Gasteiger partial charge in [-0.05, 0) is 42.1 Å². The SMILES string of the molecule is Cc1ccsc1C(=O)c1ccc(F)c(F)c1. The molecule has 0 amide bonds. The number of carbonyl (C=O) groups is 1. The largest absolute Gasteiger partial charge is 0.288 e. The van der Waals surface area contributed by atoms with E-state index in [0.717, 1.165) is 17.7 Å². The maximum Gasteiger partial charge on any atom is 0.203 e. The van der Waals surface area contributed by atoms with Crippen molar-refractivity contribution < 1.29 is 13.6 Å². The molecule has 4 heteroatoms. The van der Waals surface area contributed by atoms with Crippen molar-refractivity contribution in [1.29, 1.82) is 0 Å². The van der Waals surface area contributed by atoms with Crippen LogP contribution < -0.4 is 0 Å². The summed E-state index contributed by atoms with van der Waals surface area (Å²) in [4.78, 5) is 12.5. The third-order valence-corrected chi connectivity index (χ3v) is 3.27. The van der Waals surface area contributed by atoms with Crippen molar-refractivity contribution in [3.63, 3.8) is 0 Å². The number of thiophene rings is 1. The molecular formula is C12H8F2OS. The van der Waals surface area contributed by atoms with Crippen LogP contribution in [0.1, 0.15) is 20.8 Å². The summed E-state index contributed by atoms with van der Waals surface area (Å²) in [6.07, 6.45) is 0. The van der Waals surface area contributed by atoms with Gasteiger partial charge in [-0.25, -0.2) is 8.78 Å². The van der Waals surface area contributed by atoms with Gasteiger partial charge in [0.15, 0.2) is 11.6 Å². The predicted octanol–water partition coefficient (Wildman–Crippen LogP) is 3.57. The van der Waals surface area contributed by atoms with E-state index in [2.05, 4.69) is 0 Å². The van der Waals surface area contributed by atoms with Gasteiger partial charge in [0.25, 0.3) is 0 Å². The van der Waals surface area contributed by atoms with E-state index in [4.69, 9.17) is 0 Å². The Hall–Kier alpha value is -1.55. The van der Waals surface area contributed by atoms with E-state index in [9.17, 15) is 13.6 Å². The maximum atomic E-state index is 13.0. The Morgan fingerprint density at radius 1 is 1.19 bits per heavy atom. The highest BCUT2D eigenvalue weighted by Gasteiger charge is 2.14. The number of rotatable bonds is 2. The summed E-state index contributed by atoms with van der Waals surface area (Å²) >= 11 is 1.30. The highest BCUT2D eigenvalue weighted by molar-refractivity contribution is 7.12. The van der Waals surface area contributed by atoms with Crippen LogP contribution in [0, 0.1) is 18.6 Å². The molecule has 16 heavy (non-hydrogen) atoms. The molecule has 0 N–H and O–H groups in total. The summed E-state index contributed by atoms with van der Waals surface area (Å²) in [6, 6.07) is 5.00. The average Bonchev–Trinajstić information content (AvgIpc) is 2.67. The molecule has 1 heterocycles. The van der Waals surface area contributed by atoms with Gasteiger partial charge in [0.1, 0.15) is 0 Å². The van der Waals surface area contributed by atoms with Crippen molar-refractivity contribution in [2.75, 3.05) is 0 Å². The fourth-order valence-corrected chi connectivity index (χ4v) is 2.26. The van der Waals surface area contributed by atoms with Gasteiger partial charge < -0.3 is 0 Å². The Morgan fingerprint density at radius 2 is 1.94 bits per heavy atom. The number of benzene rings is 1. The molecule has 0 fully saturated rings. The first-order valence-corrected chi connectivity index (χ1v) is 5.51. The number of carbonyl (C=O) groups excluding carboxylic acids is 1. The van der Waals surface area contributed by atoms with Gasteiger partial charge in [-0.3, -0.25) is 4.79 Å². The lowest BCUT2D eigenvalue weighted by Crippen LogP contribution is -2.01. The lowest BCUT2D eigenvalue weighted by molar-refractivity contribution is 0.104. The van der Waals surface area contributed by atoms with Crippen molar-refractivity contribution in [1.82, 2.24) is 0 Å². The van der Waals surface area contributed by atoms with Gasteiger partial charge in [-0.15, -0.1) is 11.3 Å². The lowest BCUT2D eigenvalue weighted by Gasteiger charge is -2.00. The third kappa shape index (κ3) is 1.88. The van der Waals surface area contributed by atoms with Crippen LogP contribution >= 0.6 is 11.3 Å². The Labute approximate surface area is 95.4 Å². The first kappa shape index (κ1) is 11.0. The zero-order valence-corrected chi connectivity index (χ0v) is 9.28. The molecule has 0 aliphatic carbocycles. The smallest absolute Gasteiger partial charge is 0.203 e.